The van der Waals surface area contributed by atoms with Crippen LogP contribution < -0.4 is 10.0 Å². The monoisotopic (exact) mass is 416 g/mol. The summed E-state index contributed by atoms with van der Waals surface area (Å²) in [6.07, 6.45) is 0. The summed E-state index contributed by atoms with van der Waals surface area (Å²) in [5.74, 6) is -0.337. The van der Waals surface area contributed by atoms with Crippen molar-refractivity contribution in [3.63, 3.8) is 0 Å². The van der Waals surface area contributed by atoms with Crippen molar-refractivity contribution < 1.29 is 17.9 Å². The van der Waals surface area contributed by atoms with Crippen molar-refractivity contribution >= 4 is 44.8 Å². The van der Waals surface area contributed by atoms with Crippen molar-refractivity contribution in [1.82, 2.24) is 5.32 Å². The van der Waals surface area contributed by atoms with Crippen LogP contribution in [-0.4, -0.2) is 34.1 Å². The fourth-order valence-electron chi connectivity index (χ4n) is 2.22. The molecule has 2 rings (SSSR count). The molecular weight excluding hydrogens is 399 g/mol. The second-order valence-corrected chi connectivity index (χ2v) is 8.09. The quantitative estimate of drug-likeness (QED) is 0.722. The van der Waals surface area contributed by atoms with Crippen LogP contribution in [0.4, 0.5) is 5.69 Å². The van der Waals surface area contributed by atoms with Gasteiger partial charge in [-0.1, -0.05) is 29.3 Å². The second kappa shape index (κ2) is 8.73. The Morgan fingerprint density at radius 3 is 2.62 bits per heavy atom. The molecule has 1 unspecified atom stereocenters. The number of amides is 1. The van der Waals surface area contributed by atoms with E-state index in [2.05, 4.69) is 10.0 Å². The number of hydrogen-bond acceptors (Lipinski definition) is 4. The molecule has 2 aromatic rings. The number of anilines is 1. The van der Waals surface area contributed by atoms with E-state index in [0.29, 0.717) is 12.2 Å². The zero-order chi connectivity index (χ0) is 19.3. The third kappa shape index (κ3) is 5.35. The molecule has 9 heteroatoms. The van der Waals surface area contributed by atoms with E-state index in [9.17, 15) is 13.2 Å². The average Bonchev–Trinajstić information content (AvgIpc) is 2.57. The minimum absolute atomic E-state index is 0.0455. The lowest BCUT2D eigenvalue weighted by molar-refractivity contribution is 0.0905. The highest BCUT2D eigenvalue weighted by molar-refractivity contribution is 7.92. The SMILES string of the molecule is COCC(C)NC(=O)c1cccc(NS(=O)(=O)c2cc(Cl)ccc2Cl)c1. The van der Waals surface area contributed by atoms with Crippen LogP contribution in [0.15, 0.2) is 47.4 Å². The molecule has 0 bridgehead atoms. The molecule has 0 saturated carbocycles. The van der Waals surface area contributed by atoms with Crippen molar-refractivity contribution in [3.05, 3.63) is 58.1 Å². The number of rotatable bonds is 7. The van der Waals surface area contributed by atoms with Gasteiger partial charge in [0.15, 0.2) is 0 Å². The van der Waals surface area contributed by atoms with E-state index in [4.69, 9.17) is 27.9 Å². The molecule has 0 saturated heterocycles. The van der Waals surface area contributed by atoms with Gasteiger partial charge in [-0.05, 0) is 43.3 Å². The van der Waals surface area contributed by atoms with Crippen molar-refractivity contribution in [1.29, 1.82) is 0 Å². The Morgan fingerprint density at radius 2 is 1.92 bits per heavy atom. The molecule has 1 atom stereocenters. The Morgan fingerprint density at radius 1 is 1.19 bits per heavy atom. The van der Waals surface area contributed by atoms with Crippen LogP contribution in [0.5, 0.6) is 0 Å². The van der Waals surface area contributed by atoms with E-state index in [1.807, 2.05) is 0 Å². The Hall–Kier alpha value is -1.80. The smallest absolute Gasteiger partial charge is 0.263 e. The third-order valence-corrected chi connectivity index (χ3v) is 5.45. The maximum absolute atomic E-state index is 12.5. The van der Waals surface area contributed by atoms with Crippen LogP contribution in [0, 0.1) is 0 Å². The summed E-state index contributed by atoms with van der Waals surface area (Å²) in [6, 6.07) is 10.1. The Labute approximate surface area is 162 Å². The van der Waals surface area contributed by atoms with Crippen LogP contribution in [0.3, 0.4) is 0 Å². The topological polar surface area (TPSA) is 84.5 Å². The number of methoxy groups -OCH3 is 1. The first-order valence-corrected chi connectivity index (χ1v) is 9.84. The number of ether oxygens (including phenoxy) is 1. The van der Waals surface area contributed by atoms with Gasteiger partial charge in [0.1, 0.15) is 4.90 Å². The second-order valence-electron chi connectivity index (χ2n) is 5.59. The molecule has 0 aliphatic carbocycles. The molecule has 0 radical (unpaired) electrons. The molecule has 2 N–H and O–H groups in total. The molecule has 26 heavy (non-hydrogen) atoms. The first kappa shape index (κ1) is 20.5. The van der Waals surface area contributed by atoms with Gasteiger partial charge in [-0.25, -0.2) is 8.42 Å². The number of sulfonamides is 1. The van der Waals surface area contributed by atoms with E-state index in [0.717, 1.165) is 0 Å². The van der Waals surface area contributed by atoms with Gasteiger partial charge in [0, 0.05) is 29.4 Å². The highest BCUT2D eigenvalue weighted by atomic mass is 35.5. The lowest BCUT2D eigenvalue weighted by Gasteiger charge is -2.14. The average molecular weight is 417 g/mol. The fraction of sp³-hybridized carbons (Fsp3) is 0.235. The van der Waals surface area contributed by atoms with Crippen molar-refractivity contribution in [3.8, 4) is 0 Å². The number of halogens is 2. The van der Waals surface area contributed by atoms with Crippen LogP contribution in [0.25, 0.3) is 0 Å². The van der Waals surface area contributed by atoms with Crippen LogP contribution in [0.1, 0.15) is 17.3 Å². The van der Waals surface area contributed by atoms with Gasteiger partial charge in [0.05, 0.1) is 11.6 Å². The summed E-state index contributed by atoms with van der Waals surface area (Å²) >= 11 is 11.8. The molecule has 2 aromatic carbocycles. The van der Waals surface area contributed by atoms with Gasteiger partial charge >= 0.3 is 0 Å². The summed E-state index contributed by atoms with van der Waals surface area (Å²) < 4.78 is 32.5. The summed E-state index contributed by atoms with van der Waals surface area (Å²) in [5, 5.41) is 3.05. The summed E-state index contributed by atoms with van der Waals surface area (Å²) in [4.78, 5) is 12.1. The molecule has 140 valence electrons. The van der Waals surface area contributed by atoms with E-state index in [1.54, 1.807) is 26.2 Å². The number of carbonyl (C=O) groups excluding carboxylic acids is 1. The largest absolute Gasteiger partial charge is 0.383 e. The zero-order valence-corrected chi connectivity index (χ0v) is 16.5. The summed E-state index contributed by atoms with van der Waals surface area (Å²) in [5.41, 5.74) is 0.540. The fourth-order valence-corrected chi connectivity index (χ4v) is 4.03. The van der Waals surface area contributed by atoms with Gasteiger partial charge in [-0.2, -0.15) is 0 Å². The standard InChI is InChI=1S/C17H18Cl2N2O4S/c1-11(10-25-2)20-17(22)12-4-3-5-14(8-12)21-26(23,24)16-9-13(18)6-7-15(16)19/h3-9,11,21H,10H2,1-2H3,(H,20,22). The predicted octanol–water partition coefficient (Wildman–Crippen LogP) is 3.56. The molecule has 0 aromatic heterocycles. The van der Waals surface area contributed by atoms with E-state index in [1.165, 1.54) is 30.3 Å². The molecule has 0 spiro atoms. The molecule has 0 fully saturated rings. The number of hydrogen-bond donors (Lipinski definition) is 2. The van der Waals surface area contributed by atoms with Gasteiger partial charge in [0.25, 0.3) is 15.9 Å². The van der Waals surface area contributed by atoms with Gasteiger partial charge < -0.3 is 10.1 Å². The van der Waals surface area contributed by atoms with Gasteiger partial charge in [-0.15, -0.1) is 0 Å². The molecular formula is C17H18Cl2N2O4S. The highest BCUT2D eigenvalue weighted by Crippen LogP contribution is 2.27. The van der Waals surface area contributed by atoms with Crippen LogP contribution >= 0.6 is 23.2 Å². The number of benzene rings is 2. The van der Waals surface area contributed by atoms with E-state index < -0.39 is 10.0 Å². The lowest BCUT2D eigenvalue weighted by Crippen LogP contribution is -2.35. The first-order chi connectivity index (χ1) is 12.2. The van der Waals surface area contributed by atoms with Crippen molar-refractivity contribution in [2.24, 2.45) is 0 Å². The minimum atomic E-state index is -3.96. The normalized spacial score (nSPS) is 12.5. The van der Waals surface area contributed by atoms with E-state index >= 15 is 0 Å². The van der Waals surface area contributed by atoms with Crippen LogP contribution in [0.2, 0.25) is 10.0 Å². The summed E-state index contributed by atoms with van der Waals surface area (Å²) in [6.45, 7) is 2.17. The van der Waals surface area contributed by atoms with Crippen molar-refractivity contribution in [2.45, 2.75) is 17.9 Å². The molecule has 1 amide bonds. The van der Waals surface area contributed by atoms with Crippen LogP contribution in [-0.2, 0) is 14.8 Å². The number of nitrogens with one attached hydrogen (secondary N) is 2. The molecule has 6 nitrogen and oxygen atoms in total. The summed E-state index contributed by atoms with van der Waals surface area (Å²) in [7, 11) is -2.42. The minimum Gasteiger partial charge on any atom is -0.383 e. The molecule has 0 aliphatic rings. The maximum Gasteiger partial charge on any atom is 0.263 e. The number of carbonyl (C=O) groups is 1. The Kier molecular flexibility index (Phi) is 6.88. The predicted molar refractivity (Wildman–Crippen MR) is 103 cm³/mol. The maximum atomic E-state index is 12.5. The van der Waals surface area contributed by atoms with Gasteiger partial charge in [0.2, 0.25) is 0 Å². The Bertz CT molecular complexity index is 903. The first-order valence-electron chi connectivity index (χ1n) is 7.60. The Balaban J connectivity index is 2.22. The molecule has 0 heterocycles. The lowest BCUT2D eigenvalue weighted by atomic mass is 10.2. The third-order valence-electron chi connectivity index (χ3n) is 3.35. The highest BCUT2D eigenvalue weighted by Gasteiger charge is 2.19. The molecule has 0 aliphatic heterocycles. The zero-order valence-electron chi connectivity index (χ0n) is 14.1. The van der Waals surface area contributed by atoms with Gasteiger partial charge in [-0.3, -0.25) is 9.52 Å². The van der Waals surface area contributed by atoms with E-state index in [-0.39, 0.29) is 32.6 Å². The van der Waals surface area contributed by atoms with Crippen molar-refractivity contribution in [2.75, 3.05) is 18.4 Å².